The normalized spacial score (nSPS) is 12.7. The van der Waals surface area contributed by atoms with E-state index >= 15 is 0 Å². The van der Waals surface area contributed by atoms with E-state index in [1.807, 2.05) is 37.3 Å². The van der Waals surface area contributed by atoms with Gasteiger partial charge in [0.1, 0.15) is 0 Å². The van der Waals surface area contributed by atoms with E-state index < -0.39 is 10.0 Å². The predicted octanol–water partition coefficient (Wildman–Crippen LogP) is 6.31. The Morgan fingerprint density at radius 1 is 1.00 bits per heavy atom. The lowest BCUT2D eigenvalue weighted by Crippen LogP contribution is -2.35. The summed E-state index contributed by atoms with van der Waals surface area (Å²) >= 11 is 0. The van der Waals surface area contributed by atoms with Gasteiger partial charge in [-0.3, -0.25) is 0 Å². The molecule has 0 aromatic heterocycles. The van der Waals surface area contributed by atoms with Crippen molar-refractivity contribution in [3.8, 4) is 0 Å². The van der Waals surface area contributed by atoms with Gasteiger partial charge in [0.05, 0.1) is 4.90 Å². The molecule has 0 unspecified atom stereocenters. The van der Waals surface area contributed by atoms with Gasteiger partial charge in [-0.1, -0.05) is 93.3 Å². The Hall–Kier alpha value is -1.91. The average Bonchev–Trinajstić information content (AvgIpc) is 2.68. The molecule has 0 atom stereocenters. The van der Waals surface area contributed by atoms with Crippen molar-refractivity contribution in [3.63, 3.8) is 0 Å². The van der Waals surface area contributed by atoms with Crippen LogP contribution in [0.25, 0.3) is 6.08 Å². The monoisotopic (exact) mass is 413 g/mol. The third-order valence-electron chi connectivity index (χ3n) is 4.88. The van der Waals surface area contributed by atoms with Crippen molar-refractivity contribution in [3.05, 3.63) is 71.3 Å². The van der Waals surface area contributed by atoms with Crippen LogP contribution in [0.1, 0.15) is 57.6 Å². The molecule has 0 heterocycles. The van der Waals surface area contributed by atoms with Crippen LogP contribution in [0.15, 0.2) is 65.1 Å². The fraction of sp³-hybridized carbons (Fsp3) is 0.440. The molecule has 0 aliphatic carbocycles. The molecule has 0 N–H and O–H groups in total. The van der Waals surface area contributed by atoms with Gasteiger partial charge in [-0.15, -0.1) is 0 Å². The summed E-state index contributed by atoms with van der Waals surface area (Å²) in [5.41, 5.74) is 3.35. The molecule has 0 saturated heterocycles. The van der Waals surface area contributed by atoms with E-state index in [2.05, 4.69) is 39.0 Å². The molecule has 0 fully saturated rings. The first-order valence-electron chi connectivity index (χ1n) is 10.6. The van der Waals surface area contributed by atoms with Crippen LogP contribution in [0.5, 0.6) is 0 Å². The maximum atomic E-state index is 13.4. The molecule has 0 saturated carbocycles. The number of sulfonamides is 1. The quantitative estimate of drug-likeness (QED) is 0.405. The fourth-order valence-corrected chi connectivity index (χ4v) is 4.93. The Morgan fingerprint density at radius 3 is 2.24 bits per heavy atom. The zero-order valence-electron chi connectivity index (χ0n) is 18.3. The second kappa shape index (κ2) is 11.3. The van der Waals surface area contributed by atoms with Gasteiger partial charge in [0.25, 0.3) is 0 Å². The molecule has 2 aromatic carbocycles. The lowest BCUT2D eigenvalue weighted by Gasteiger charge is -2.25. The van der Waals surface area contributed by atoms with Gasteiger partial charge in [0.15, 0.2) is 0 Å². The molecule has 0 aliphatic heterocycles. The first kappa shape index (κ1) is 23.4. The van der Waals surface area contributed by atoms with E-state index in [0.717, 1.165) is 36.8 Å². The van der Waals surface area contributed by atoms with Crippen LogP contribution in [0.3, 0.4) is 0 Å². The van der Waals surface area contributed by atoms with Crippen molar-refractivity contribution in [2.45, 2.75) is 58.3 Å². The zero-order chi connectivity index (χ0) is 21.3. The summed E-state index contributed by atoms with van der Waals surface area (Å²) in [5.74, 6) is 0.254. The smallest absolute Gasteiger partial charge is 0.207 e. The number of aryl methyl sites for hydroxylation is 1. The fourth-order valence-electron chi connectivity index (χ4n) is 3.32. The van der Waals surface area contributed by atoms with Crippen LogP contribution in [-0.4, -0.2) is 25.8 Å². The third kappa shape index (κ3) is 7.45. The highest BCUT2D eigenvalue weighted by Crippen LogP contribution is 2.22. The molecule has 3 nitrogen and oxygen atoms in total. The Balaban J connectivity index is 2.34. The molecule has 4 heteroatoms. The predicted molar refractivity (Wildman–Crippen MR) is 123 cm³/mol. The summed E-state index contributed by atoms with van der Waals surface area (Å²) < 4.78 is 28.4. The second-order valence-corrected chi connectivity index (χ2v) is 10.1. The van der Waals surface area contributed by atoms with E-state index in [0.29, 0.717) is 18.0 Å². The highest BCUT2D eigenvalue weighted by atomic mass is 32.2. The number of benzene rings is 2. The minimum atomic E-state index is -3.54. The maximum absolute atomic E-state index is 13.4. The topological polar surface area (TPSA) is 37.4 Å². The second-order valence-electron chi connectivity index (χ2n) is 8.17. The summed E-state index contributed by atoms with van der Waals surface area (Å²) in [7, 11) is -3.54. The third-order valence-corrected chi connectivity index (χ3v) is 6.70. The van der Waals surface area contributed by atoms with E-state index in [4.69, 9.17) is 0 Å². The Kier molecular flexibility index (Phi) is 9.12. The van der Waals surface area contributed by atoms with Crippen molar-refractivity contribution in [1.82, 2.24) is 4.31 Å². The number of hydrogen-bond donors (Lipinski definition) is 0. The first-order valence-corrected chi connectivity index (χ1v) is 12.1. The summed E-state index contributed by atoms with van der Waals surface area (Å²) in [6.45, 7) is 9.23. The van der Waals surface area contributed by atoms with Crippen LogP contribution in [-0.2, 0) is 10.0 Å². The van der Waals surface area contributed by atoms with E-state index in [1.165, 1.54) is 5.57 Å². The molecule has 0 bridgehead atoms. The van der Waals surface area contributed by atoms with E-state index in [-0.39, 0.29) is 5.92 Å². The van der Waals surface area contributed by atoms with Crippen LogP contribution in [0.4, 0.5) is 0 Å². The average molecular weight is 414 g/mol. The number of nitrogens with zero attached hydrogens (tertiary/aromatic N) is 1. The van der Waals surface area contributed by atoms with Crippen molar-refractivity contribution >= 4 is 16.1 Å². The van der Waals surface area contributed by atoms with Crippen LogP contribution in [0.2, 0.25) is 0 Å². The molecule has 0 spiro atoms. The lowest BCUT2D eigenvalue weighted by molar-refractivity contribution is 0.384. The summed E-state index contributed by atoms with van der Waals surface area (Å²) in [4.78, 5) is 0.372. The Labute approximate surface area is 177 Å². The van der Waals surface area contributed by atoms with Crippen molar-refractivity contribution in [2.24, 2.45) is 5.92 Å². The molecular weight excluding hydrogens is 378 g/mol. The van der Waals surface area contributed by atoms with Crippen molar-refractivity contribution in [1.29, 1.82) is 0 Å². The van der Waals surface area contributed by atoms with Gasteiger partial charge in [-0.05, 0) is 43.4 Å². The molecule has 158 valence electrons. The highest BCUT2D eigenvalue weighted by Gasteiger charge is 2.26. The number of rotatable bonds is 11. The van der Waals surface area contributed by atoms with Gasteiger partial charge in [-0.2, -0.15) is 4.31 Å². The van der Waals surface area contributed by atoms with Crippen LogP contribution >= 0.6 is 0 Å². The highest BCUT2D eigenvalue weighted by molar-refractivity contribution is 7.89. The van der Waals surface area contributed by atoms with E-state index in [1.54, 1.807) is 16.4 Å². The van der Waals surface area contributed by atoms with Gasteiger partial charge in [0.2, 0.25) is 10.0 Å². The summed E-state index contributed by atoms with van der Waals surface area (Å²) in [6, 6.07) is 17.3. The first-order chi connectivity index (χ1) is 13.8. The zero-order valence-corrected chi connectivity index (χ0v) is 19.1. The molecule has 0 aliphatic rings. The molecule has 0 radical (unpaired) electrons. The molecule has 2 rings (SSSR count). The van der Waals surface area contributed by atoms with Crippen LogP contribution < -0.4 is 0 Å². The van der Waals surface area contributed by atoms with Crippen molar-refractivity contribution in [2.75, 3.05) is 13.1 Å². The molecule has 0 amide bonds. The SMILES string of the molecule is CCCCC/C(=C\c1ccccc1)CN(CC(C)C)S(=O)(=O)c1ccc(C)cc1. The standard InChI is InChI=1S/C25H35NO2S/c1-5-6-8-13-24(18-23-11-9-7-10-12-23)20-26(19-21(2)3)29(27,28)25-16-14-22(4)15-17-25/h7,9-12,14-18,21H,5-6,8,13,19-20H2,1-4H3/b24-18+. The van der Waals surface area contributed by atoms with E-state index in [9.17, 15) is 8.42 Å². The Morgan fingerprint density at radius 2 is 1.66 bits per heavy atom. The molecule has 29 heavy (non-hydrogen) atoms. The van der Waals surface area contributed by atoms with Gasteiger partial charge < -0.3 is 0 Å². The maximum Gasteiger partial charge on any atom is 0.243 e. The molecular formula is C25H35NO2S. The van der Waals surface area contributed by atoms with Crippen molar-refractivity contribution < 1.29 is 8.42 Å². The van der Waals surface area contributed by atoms with Crippen LogP contribution in [0, 0.1) is 12.8 Å². The summed E-state index contributed by atoms with van der Waals surface area (Å²) in [5, 5.41) is 0. The number of unbranched alkanes of at least 4 members (excludes halogenated alkanes) is 2. The minimum Gasteiger partial charge on any atom is -0.207 e. The largest absolute Gasteiger partial charge is 0.243 e. The van der Waals surface area contributed by atoms with Gasteiger partial charge in [0, 0.05) is 13.1 Å². The Bertz CT molecular complexity index is 869. The molecule has 2 aromatic rings. The number of hydrogen-bond acceptors (Lipinski definition) is 2. The lowest BCUT2D eigenvalue weighted by atomic mass is 10.0. The van der Waals surface area contributed by atoms with Gasteiger partial charge >= 0.3 is 0 Å². The minimum absolute atomic E-state index is 0.254. The summed E-state index contributed by atoms with van der Waals surface area (Å²) in [6.07, 6.45) is 6.46. The van der Waals surface area contributed by atoms with Gasteiger partial charge in [-0.25, -0.2) is 8.42 Å².